The van der Waals surface area contributed by atoms with Gasteiger partial charge in [-0.2, -0.15) is 5.10 Å². The Bertz CT molecular complexity index is 1120. The third-order valence-corrected chi connectivity index (χ3v) is 4.53. The maximum atomic E-state index is 12.5. The summed E-state index contributed by atoms with van der Waals surface area (Å²) < 4.78 is 5.38. The number of hydrogen-bond acceptors (Lipinski definition) is 5. The van der Waals surface area contributed by atoms with Crippen LogP contribution in [0.4, 0.5) is 11.4 Å². The average molecular weight is 406 g/mol. The molecule has 1 heterocycles. The van der Waals surface area contributed by atoms with Crippen molar-refractivity contribution < 1.29 is 14.3 Å². The summed E-state index contributed by atoms with van der Waals surface area (Å²) in [6.45, 7) is 5.85. The zero-order valence-electron chi connectivity index (χ0n) is 16.9. The second kappa shape index (κ2) is 9.04. The summed E-state index contributed by atoms with van der Waals surface area (Å²) in [6.07, 6.45) is 0. The molecule has 0 aliphatic heterocycles. The number of anilines is 2. The molecular formula is C22H22N4O4. The van der Waals surface area contributed by atoms with Gasteiger partial charge in [0.25, 0.3) is 17.4 Å². The third-order valence-electron chi connectivity index (χ3n) is 4.53. The summed E-state index contributed by atoms with van der Waals surface area (Å²) in [5.74, 6) is -0.0889. The largest absolute Gasteiger partial charge is 0.494 e. The van der Waals surface area contributed by atoms with Crippen molar-refractivity contribution in [3.05, 3.63) is 81.3 Å². The molecule has 0 bridgehead atoms. The van der Waals surface area contributed by atoms with Gasteiger partial charge in [0.15, 0.2) is 0 Å². The van der Waals surface area contributed by atoms with E-state index in [0.717, 1.165) is 5.75 Å². The maximum absolute atomic E-state index is 12.5. The van der Waals surface area contributed by atoms with Gasteiger partial charge in [0, 0.05) is 16.9 Å². The Morgan fingerprint density at radius 3 is 2.10 bits per heavy atom. The van der Waals surface area contributed by atoms with E-state index in [4.69, 9.17) is 4.74 Å². The minimum Gasteiger partial charge on any atom is -0.494 e. The number of aromatic nitrogens is 2. The average Bonchev–Trinajstić information content (AvgIpc) is 2.73. The standard InChI is InChI=1S/C22H22N4O4/c1-4-30-18-11-9-17(10-12-18)23-20(27)15-5-7-16(8-6-15)24-21(28)19-13(2)14(3)25-26-22(19)29/h5-12H,4H2,1-3H3,(H,23,27)(H,24,28)(H,26,29). The Kier molecular flexibility index (Phi) is 6.26. The molecule has 0 spiro atoms. The molecule has 0 fully saturated rings. The topological polar surface area (TPSA) is 113 Å². The van der Waals surface area contributed by atoms with Gasteiger partial charge in [-0.3, -0.25) is 14.4 Å². The van der Waals surface area contributed by atoms with Gasteiger partial charge < -0.3 is 15.4 Å². The van der Waals surface area contributed by atoms with Crippen LogP contribution < -0.4 is 20.9 Å². The highest BCUT2D eigenvalue weighted by Crippen LogP contribution is 2.17. The highest BCUT2D eigenvalue weighted by atomic mass is 16.5. The van der Waals surface area contributed by atoms with E-state index in [1.54, 1.807) is 62.4 Å². The Balaban J connectivity index is 1.67. The maximum Gasteiger partial charge on any atom is 0.277 e. The SMILES string of the molecule is CCOc1ccc(NC(=O)c2ccc(NC(=O)c3c(C)c(C)n[nH]c3=O)cc2)cc1. The number of nitrogens with one attached hydrogen (secondary N) is 3. The summed E-state index contributed by atoms with van der Waals surface area (Å²) in [5, 5.41) is 11.6. The van der Waals surface area contributed by atoms with Crippen LogP contribution >= 0.6 is 0 Å². The molecule has 2 aromatic carbocycles. The van der Waals surface area contributed by atoms with Gasteiger partial charge in [0.05, 0.1) is 12.3 Å². The number of rotatable bonds is 6. The highest BCUT2D eigenvalue weighted by molar-refractivity contribution is 6.06. The molecule has 0 aliphatic carbocycles. The number of carbonyl (C=O) groups excluding carboxylic acids is 2. The smallest absolute Gasteiger partial charge is 0.277 e. The lowest BCUT2D eigenvalue weighted by Gasteiger charge is -2.09. The molecule has 1 aromatic heterocycles. The summed E-state index contributed by atoms with van der Waals surface area (Å²) >= 11 is 0. The molecule has 154 valence electrons. The molecule has 3 N–H and O–H groups in total. The number of benzene rings is 2. The molecule has 3 rings (SSSR count). The first-order valence-corrected chi connectivity index (χ1v) is 9.40. The van der Waals surface area contributed by atoms with E-state index in [1.165, 1.54) is 0 Å². The molecule has 30 heavy (non-hydrogen) atoms. The summed E-state index contributed by atoms with van der Waals surface area (Å²) in [7, 11) is 0. The molecule has 0 radical (unpaired) electrons. The number of nitrogens with zero attached hydrogens (tertiary/aromatic N) is 1. The van der Waals surface area contributed by atoms with E-state index in [1.807, 2.05) is 6.92 Å². The van der Waals surface area contributed by atoms with Crippen molar-refractivity contribution >= 4 is 23.2 Å². The fraction of sp³-hybridized carbons (Fsp3) is 0.182. The van der Waals surface area contributed by atoms with Crippen LogP contribution in [0.25, 0.3) is 0 Å². The first-order chi connectivity index (χ1) is 14.4. The Morgan fingerprint density at radius 2 is 1.50 bits per heavy atom. The minimum atomic E-state index is -0.554. The van der Waals surface area contributed by atoms with E-state index in [0.29, 0.717) is 34.8 Å². The monoisotopic (exact) mass is 406 g/mol. The fourth-order valence-electron chi connectivity index (χ4n) is 2.80. The van der Waals surface area contributed by atoms with Crippen LogP contribution in [0.15, 0.2) is 53.3 Å². The lowest BCUT2D eigenvalue weighted by molar-refractivity contribution is 0.101. The van der Waals surface area contributed by atoms with Crippen LogP contribution in [-0.2, 0) is 0 Å². The minimum absolute atomic E-state index is 0.0137. The number of carbonyl (C=O) groups is 2. The van der Waals surface area contributed by atoms with E-state index < -0.39 is 11.5 Å². The predicted molar refractivity (Wildman–Crippen MR) is 114 cm³/mol. The molecule has 8 nitrogen and oxygen atoms in total. The van der Waals surface area contributed by atoms with E-state index in [9.17, 15) is 14.4 Å². The number of aromatic amines is 1. The second-order valence-electron chi connectivity index (χ2n) is 6.58. The number of aryl methyl sites for hydroxylation is 1. The van der Waals surface area contributed by atoms with Gasteiger partial charge in [-0.05, 0) is 74.9 Å². The quantitative estimate of drug-likeness (QED) is 0.581. The lowest BCUT2D eigenvalue weighted by Crippen LogP contribution is -2.26. The summed E-state index contributed by atoms with van der Waals surface area (Å²) in [6, 6.07) is 13.5. The van der Waals surface area contributed by atoms with Crippen molar-refractivity contribution in [2.45, 2.75) is 20.8 Å². The Hall–Kier alpha value is -3.94. The zero-order valence-corrected chi connectivity index (χ0v) is 16.9. The molecule has 0 saturated heterocycles. The number of amides is 2. The lowest BCUT2D eigenvalue weighted by atomic mass is 10.1. The van der Waals surface area contributed by atoms with Gasteiger partial charge in [-0.1, -0.05) is 0 Å². The van der Waals surface area contributed by atoms with Crippen LogP contribution in [-0.4, -0.2) is 28.6 Å². The van der Waals surface area contributed by atoms with Crippen molar-refractivity contribution in [1.82, 2.24) is 10.2 Å². The van der Waals surface area contributed by atoms with Gasteiger partial charge in [0.2, 0.25) is 0 Å². The predicted octanol–water partition coefficient (Wildman–Crippen LogP) is 3.29. The molecular weight excluding hydrogens is 384 g/mol. The van der Waals surface area contributed by atoms with E-state index >= 15 is 0 Å². The van der Waals surface area contributed by atoms with Crippen LogP contribution in [0.3, 0.4) is 0 Å². The van der Waals surface area contributed by atoms with E-state index in [2.05, 4.69) is 20.8 Å². The van der Waals surface area contributed by atoms with Crippen molar-refractivity contribution in [2.24, 2.45) is 0 Å². The van der Waals surface area contributed by atoms with Crippen molar-refractivity contribution in [3.8, 4) is 5.75 Å². The van der Waals surface area contributed by atoms with Gasteiger partial charge in [-0.25, -0.2) is 5.10 Å². The Labute approximate surface area is 173 Å². The van der Waals surface area contributed by atoms with Crippen LogP contribution in [0.1, 0.15) is 38.9 Å². The van der Waals surface area contributed by atoms with Crippen molar-refractivity contribution in [1.29, 1.82) is 0 Å². The zero-order chi connectivity index (χ0) is 21.7. The number of ether oxygens (including phenoxy) is 1. The molecule has 8 heteroatoms. The first-order valence-electron chi connectivity index (χ1n) is 9.40. The van der Waals surface area contributed by atoms with Crippen LogP contribution in [0.2, 0.25) is 0 Å². The van der Waals surface area contributed by atoms with Crippen LogP contribution in [0.5, 0.6) is 5.75 Å². The normalized spacial score (nSPS) is 10.4. The molecule has 2 amide bonds. The molecule has 0 unspecified atom stereocenters. The molecule has 0 saturated carbocycles. The van der Waals surface area contributed by atoms with Gasteiger partial charge in [0.1, 0.15) is 11.3 Å². The Morgan fingerprint density at radius 1 is 0.933 bits per heavy atom. The van der Waals surface area contributed by atoms with Crippen LogP contribution in [0, 0.1) is 13.8 Å². The molecule has 0 atom stereocenters. The van der Waals surface area contributed by atoms with Gasteiger partial charge >= 0.3 is 0 Å². The fourth-order valence-corrected chi connectivity index (χ4v) is 2.80. The molecule has 3 aromatic rings. The van der Waals surface area contributed by atoms with Gasteiger partial charge in [-0.15, -0.1) is 0 Å². The first kappa shape index (κ1) is 20.8. The number of hydrogen-bond donors (Lipinski definition) is 3. The summed E-state index contributed by atoms with van der Waals surface area (Å²) in [5.41, 5.74) is 2.08. The van der Waals surface area contributed by atoms with Crippen molar-refractivity contribution in [2.75, 3.05) is 17.2 Å². The number of H-pyrrole nitrogens is 1. The second-order valence-corrected chi connectivity index (χ2v) is 6.58. The highest BCUT2D eigenvalue weighted by Gasteiger charge is 2.16. The van der Waals surface area contributed by atoms with Crippen molar-refractivity contribution in [3.63, 3.8) is 0 Å². The molecule has 0 aliphatic rings. The van der Waals surface area contributed by atoms with E-state index in [-0.39, 0.29) is 11.5 Å². The third kappa shape index (κ3) is 4.72. The summed E-state index contributed by atoms with van der Waals surface area (Å²) in [4.78, 5) is 36.9.